The Labute approximate surface area is 184 Å². The van der Waals surface area contributed by atoms with Gasteiger partial charge >= 0.3 is 11.9 Å². The smallest absolute Gasteiger partial charge is 0.352 e. The van der Waals surface area contributed by atoms with E-state index in [0.29, 0.717) is 5.75 Å². The molecule has 1 aromatic heterocycles. The summed E-state index contributed by atoms with van der Waals surface area (Å²) in [6.45, 7) is 4.54. The molecule has 1 unspecified atom stereocenters. The zero-order valence-electron chi connectivity index (χ0n) is 16.7. The Bertz CT molecular complexity index is 955. The number of ether oxygens (including phenoxy) is 1. The molecule has 2 aliphatic heterocycles. The minimum Gasteiger partial charge on any atom is -0.477 e. The van der Waals surface area contributed by atoms with Crippen molar-refractivity contribution in [2.24, 2.45) is 5.16 Å². The molecule has 166 valence electrons. The number of aliphatic carboxylic acids is 1. The number of amides is 2. The Morgan fingerprint density at radius 3 is 2.74 bits per heavy atom. The van der Waals surface area contributed by atoms with Crippen LogP contribution in [-0.2, 0) is 28.8 Å². The lowest BCUT2D eigenvalue weighted by molar-refractivity contribution is -0.160. The van der Waals surface area contributed by atoms with Crippen molar-refractivity contribution in [2.75, 3.05) is 12.4 Å². The van der Waals surface area contributed by atoms with Crippen molar-refractivity contribution in [2.45, 2.75) is 37.8 Å². The number of carbonyl (C=O) groups excluding carboxylic acids is 3. The fourth-order valence-electron chi connectivity index (χ4n) is 2.73. The first-order chi connectivity index (χ1) is 14.6. The average molecular weight is 470 g/mol. The van der Waals surface area contributed by atoms with E-state index in [-0.39, 0.29) is 17.2 Å². The van der Waals surface area contributed by atoms with Gasteiger partial charge < -0.3 is 20.0 Å². The minimum atomic E-state index is -1.21. The number of esters is 1. The maximum atomic E-state index is 12.8. The molecule has 0 aliphatic carbocycles. The number of carbonyl (C=O) groups is 4. The molecule has 1 aromatic rings. The number of rotatable bonds is 7. The van der Waals surface area contributed by atoms with Gasteiger partial charge in [0.2, 0.25) is 18.1 Å². The maximum absolute atomic E-state index is 12.8. The van der Waals surface area contributed by atoms with Crippen molar-refractivity contribution in [3.8, 4) is 0 Å². The summed E-state index contributed by atoms with van der Waals surface area (Å²) in [5, 5.41) is 14.9. The summed E-state index contributed by atoms with van der Waals surface area (Å²) >= 11 is 2.29. The largest absolute Gasteiger partial charge is 0.477 e. The molecule has 2 N–H and O–H groups in total. The van der Waals surface area contributed by atoms with Gasteiger partial charge in [0.25, 0.3) is 11.8 Å². The van der Waals surface area contributed by atoms with Gasteiger partial charge in [0.05, 0.1) is 0 Å². The molecule has 1 fully saturated rings. The average Bonchev–Trinajstić information content (AvgIpc) is 3.21. The molecule has 3 rings (SSSR count). The van der Waals surface area contributed by atoms with Crippen LogP contribution in [0.3, 0.4) is 0 Å². The van der Waals surface area contributed by atoms with E-state index in [1.54, 1.807) is 20.8 Å². The number of fused-ring (bicyclic) bond motifs is 1. The lowest BCUT2D eigenvalue weighted by atomic mass is 10.0. The summed E-state index contributed by atoms with van der Waals surface area (Å²) in [5.74, 6) is -2.91. The van der Waals surface area contributed by atoms with Gasteiger partial charge in [0.15, 0.2) is 0 Å². The second kappa shape index (κ2) is 9.01. The van der Waals surface area contributed by atoms with E-state index in [1.165, 1.54) is 23.3 Å². The third-order valence-electron chi connectivity index (χ3n) is 3.90. The second-order valence-corrected chi connectivity index (χ2v) is 9.09. The second-order valence-electron chi connectivity index (χ2n) is 7.33. The quantitative estimate of drug-likeness (QED) is 0.240. The van der Waals surface area contributed by atoms with Crippen LogP contribution >= 0.6 is 23.3 Å². The number of aromatic nitrogens is 2. The predicted octanol–water partition coefficient (Wildman–Crippen LogP) is -0.0311. The highest BCUT2D eigenvalue weighted by molar-refractivity contribution is 8.00. The van der Waals surface area contributed by atoms with Gasteiger partial charge in [-0.05, 0) is 38.4 Å². The predicted molar refractivity (Wildman–Crippen MR) is 109 cm³/mol. The molecular formula is C17H19N5O7S2. The summed E-state index contributed by atoms with van der Waals surface area (Å²) in [6.07, 6.45) is 1.44. The SMILES string of the molecule is CC(C)(C)OC(=O)CON=C(C(=O)NC1C(=O)N2C(C(=O)O)=CCS[C@H]12)c1ncsn1. The highest BCUT2D eigenvalue weighted by atomic mass is 32.2. The van der Waals surface area contributed by atoms with Crippen LogP contribution in [-0.4, -0.2) is 78.2 Å². The molecule has 0 saturated carbocycles. The minimum absolute atomic E-state index is 0.0438. The van der Waals surface area contributed by atoms with Gasteiger partial charge in [0, 0.05) is 5.75 Å². The number of hydrogen-bond acceptors (Lipinski definition) is 11. The lowest BCUT2D eigenvalue weighted by Gasteiger charge is -2.48. The molecule has 1 saturated heterocycles. The number of β-lactam (4-membered cyclic amide) rings is 1. The topological polar surface area (TPSA) is 160 Å². The van der Waals surface area contributed by atoms with Crippen LogP contribution in [0.5, 0.6) is 0 Å². The van der Waals surface area contributed by atoms with Crippen molar-refractivity contribution >= 4 is 52.8 Å². The van der Waals surface area contributed by atoms with Gasteiger partial charge in [-0.25, -0.2) is 14.6 Å². The monoisotopic (exact) mass is 469 g/mol. The van der Waals surface area contributed by atoms with Crippen LogP contribution in [0.1, 0.15) is 26.6 Å². The molecule has 0 spiro atoms. The fourth-order valence-corrected chi connectivity index (χ4v) is 4.35. The van der Waals surface area contributed by atoms with Gasteiger partial charge in [-0.15, -0.1) is 11.8 Å². The maximum Gasteiger partial charge on any atom is 0.352 e. The van der Waals surface area contributed by atoms with Gasteiger partial charge in [-0.3, -0.25) is 14.5 Å². The summed E-state index contributed by atoms with van der Waals surface area (Å²) in [6, 6.07) is -0.949. The van der Waals surface area contributed by atoms with E-state index in [9.17, 15) is 24.3 Å². The number of nitrogens with one attached hydrogen (secondary N) is 1. The van der Waals surface area contributed by atoms with Crippen molar-refractivity contribution in [1.29, 1.82) is 0 Å². The Hall–Kier alpha value is -3.00. The van der Waals surface area contributed by atoms with E-state index >= 15 is 0 Å². The first-order valence-corrected chi connectivity index (χ1v) is 10.8. The molecular weight excluding hydrogens is 450 g/mol. The molecule has 0 radical (unpaired) electrons. The van der Waals surface area contributed by atoms with E-state index < -0.39 is 47.4 Å². The van der Waals surface area contributed by atoms with Crippen LogP contribution in [0.25, 0.3) is 0 Å². The first-order valence-electron chi connectivity index (χ1n) is 8.96. The Balaban J connectivity index is 1.68. The highest BCUT2D eigenvalue weighted by Crippen LogP contribution is 2.37. The summed E-state index contributed by atoms with van der Waals surface area (Å²) in [7, 11) is 0. The third-order valence-corrected chi connectivity index (χ3v) is 5.56. The van der Waals surface area contributed by atoms with E-state index in [2.05, 4.69) is 19.8 Å². The standard InChI is InChI=1S/C17H19N5O7S2/c1-17(2,3)29-9(23)6-28-20-10(12-18-7-31-21-12)13(24)19-11-14(25)22-8(16(26)27)4-5-30-15(11)22/h4,7,11,15H,5-6H2,1-3H3,(H,19,24)(H,26,27)/t11?,15-/m1/s1. The molecule has 0 aromatic carbocycles. The first kappa shape index (κ1) is 22.7. The Morgan fingerprint density at radius 2 is 2.13 bits per heavy atom. The summed E-state index contributed by atoms with van der Waals surface area (Å²) in [4.78, 5) is 58.2. The number of oxime groups is 1. The number of nitrogens with zero attached hydrogens (tertiary/aromatic N) is 4. The van der Waals surface area contributed by atoms with Crippen molar-refractivity contribution in [3.63, 3.8) is 0 Å². The zero-order chi connectivity index (χ0) is 22.8. The molecule has 12 nitrogen and oxygen atoms in total. The molecule has 2 amide bonds. The normalized spacial score (nSPS) is 20.9. The summed E-state index contributed by atoms with van der Waals surface area (Å²) in [5.41, 5.74) is 0.224. The van der Waals surface area contributed by atoms with Crippen LogP contribution in [0.4, 0.5) is 0 Å². The Morgan fingerprint density at radius 1 is 1.39 bits per heavy atom. The van der Waals surface area contributed by atoms with Crippen LogP contribution in [0.15, 0.2) is 22.4 Å². The number of hydrogen-bond donors (Lipinski definition) is 2. The molecule has 2 atom stereocenters. The van der Waals surface area contributed by atoms with Gasteiger partial charge in [0.1, 0.15) is 28.2 Å². The third kappa shape index (κ3) is 5.19. The number of thioether (sulfide) groups is 1. The van der Waals surface area contributed by atoms with Crippen LogP contribution in [0.2, 0.25) is 0 Å². The van der Waals surface area contributed by atoms with Crippen LogP contribution < -0.4 is 5.32 Å². The zero-order valence-corrected chi connectivity index (χ0v) is 18.4. The lowest BCUT2D eigenvalue weighted by Crippen LogP contribution is -2.70. The van der Waals surface area contributed by atoms with Crippen molar-refractivity contribution < 1.29 is 33.9 Å². The van der Waals surface area contributed by atoms with E-state index in [1.807, 2.05) is 0 Å². The molecule has 0 bridgehead atoms. The van der Waals surface area contributed by atoms with Gasteiger partial charge in [-0.2, -0.15) is 4.37 Å². The number of carboxylic acids is 1. The molecule has 31 heavy (non-hydrogen) atoms. The molecule has 3 heterocycles. The summed E-state index contributed by atoms with van der Waals surface area (Å²) < 4.78 is 9.03. The van der Waals surface area contributed by atoms with Crippen LogP contribution in [0, 0.1) is 0 Å². The molecule has 2 aliphatic rings. The van der Waals surface area contributed by atoms with Gasteiger partial charge in [-0.1, -0.05) is 5.16 Å². The van der Waals surface area contributed by atoms with E-state index in [4.69, 9.17) is 9.57 Å². The highest BCUT2D eigenvalue weighted by Gasteiger charge is 2.53. The van der Waals surface area contributed by atoms with E-state index in [0.717, 1.165) is 16.4 Å². The number of carboxylic acid groups (broad SMARTS) is 1. The molecule has 14 heteroatoms. The Kier molecular flexibility index (Phi) is 6.59. The van der Waals surface area contributed by atoms with Crippen molar-refractivity contribution in [3.05, 3.63) is 23.1 Å². The van der Waals surface area contributed by atoms with Crippen molar-refractivity contribution in [1.82, 2.24) is 19.6 Å². The fraction of sp³-hybridized carbons (Fsp3) is 0.471.